The lowest BCUT2D eigenvalue weighted by Gasteiger charge is -2.25. The van der Waals surface area contributed by atoms with E-state index in [0.29, 0.717) is 0 Å². The third-order valence-electron chi connectivity index (χ3n) is 2.43. The summed E-state index contributed by atoms with van der Waals surface area (Å²) in [4.78, 5) is 30.9. The number of ketones is 1. The summed E-state index contributed by atoms with van der Waals surface area (Å²) in [5.74, 6) is -0.369. The van der Waals surface area contributed by atoms with Crippen molar-refractivity contribution in [2.45, 2.75) is 20.0 Å². The van der Waals surface area contributed by atoms with Gasteiger partial charge in [-0.25, -0.2) is 15.0 Å². The van der Waals surface area contributed by atoms with Crippen molar-refractivity contribution in [2.75, 3.05) is 7.05 Å². The molecular formula is C11H12N4O3. The number of aromatic nitrogens is 2. The Morgan fingerprint density at radius 1 is 1.39 bits per heavy atom. The Morgan fingerprint density at radius 3 is 2.67 bits per heavy atom. The summed E-state index contributed by atoms with van der Waals surface area (Å²) in [5.41, 5.74) is 0.419. The highest BCUT2D eigenvalue weighted by Crippen LogP contribution is 2.13. The first kappa shape index (κ1) is 12.2. The standard InChI is InChI=1S/C11H12N4O3/c1-6(16)8-9(13-5-4-12-8)10-14-15(3)11(17)7(2)18-10/h4-5,7H,1-3H3. The SMILES string of the molecule is CC(=O)c1nccnc1C1=NN(C)C(=O)C(C)O1. The van der Waals surface area contributed by atoms with Gasteiger partial charge in [0.15, 0.2) is 17.6 Å². The average Bonchev–Trinajstić information content (AvgIpc) is 2.35. The van der Waals surface area contributed by atoms with E-state index in [9.17, 15) is 9.59 Å². The van der Waals surface area contributed by atoms with Crippen molar-refractivity contribution < 1.29 is 14.3 Å². The first-order valence-electron chi connectivity index (χ1n) is 5.36. The van der Waals surface area contributed by atoms with E-state index in [4.69, 9.17) is 4.74 Å². The molecule has 1 aromatic heterocycles. The summed E-state index contributed by atoms with van der Waals surface area (Å²) in [5, 5.41) is 5.12. The van der Waals surface area contributed by atoms with E-state index in [0.717, 1.165) is 0 Å². The number of hydrogen-bond donors (Lipinski definition) is 0. The predicted molar refractivity (Wildman–Crippen MR) is 61.9 cm³/mol. The molecule has 2 heterocycles. The van der Waals surface area contributed by atoms with Gasteiger partial charge in [0.25, 0.3) is 11.8 Å². The molecular weight excluding hydrogens is 236 g/mol. The molecule has 0 aromatic carbocycles. The number of ether oxygens (including phenoxy) is 1. The summed E-state index contributed by atoms with van der Waals surface area (Å²) in [6, 6.07) is 0. The maximum Gasteiger partial charge on any atom is 0.283 e. The van der Waals surface area contributed by atoms with E-state index in [-0.39, 0.29) is 29.0 Å². The van der Waals surface area contributed by atoms with Gasteiger partial charge < -0.3 is 4.74 Å². The van der Waals surface area contributed by atoms with Crippen LogP contribution < -0.4 is 0 Å². The summed E-state index contributed by atoms with van der Waals surface area (Å²) in [7, 11) is 1.52. The quantitative estimate of drug-likeness (QED) is 0.699. The molecule has 1 amide bonds. The first-order valence-corrected chi connectivity index (χ1v) is 5.36. The fourth-order valence-corrected chi connectivity index (χ4v) is 1.55. The lowest BCUT2D eigenvalue weighted by molar-refractivity contribution is -0.139. The molecule has 0 spiro atoms. The van der Waals surface area contributed by atoms with Crippen molar-refractivity contribution in [3.05, 3.63) is 23.8 Å². The lowest BCUT2D eigenvalue weighted by Crippen LogP contribution is -2.41. The lowest BCUT2D eigenvalue weighted by atomic mass is 10.2. The minimum atomic E-state index is -0.663. The summed E-state index contributed by atoms with van der Waals surface area (Å²) < 4.78 is 5.35. The summed E-state index contributed by atoms with van der Waals surface area (Å²) in [6.07, 6.45) is 2.20. The first-order chi connectivity index (χ1) is 8.50. The second-order valence-corrected chi connectivity index (χ2v) is 3.84. The fraction of sp³-hybridized carbons (Fsp3) is 0.364. The Hall–Kier alpha value is -2.31. The number of carbonyl (C=O) groups is 2. The van der Waals surface area contributed by atoms with Crippen LogP contribution in [0.4, 0.5) is 0 Å². The molecule has 94 valence electrons. The molecule has 2 rings (SSSR count). The molecule has 7 nitrogen and oxygen atoms in total. The maximum absolute atomic E-state index is 11.5. The van der Waals surface area contributed by atoms with Gasteiger partial charge in [-0.05, 0) is 6.92 Å². The van der Waals surface area contributed by atoms with Crippen LogP contribution in [0.15, 0.2) is 17.5 Å². The van der Waals surface area contributed by atoms with Gasteiger partial charge in [0.1, 0.15) is 5.69 Å². The van der Waals surface area contributed by atoms with E-state index < -0.39 is 6.10 Å². The Morgan fingerprint density at radius 2 is 2.06 bits per heavy atom. The fourth-order valence-electron chi connectivity index (χ4n) is 1.55. The molecule has 1 aromatic rings. The third kappa shape index (κ3) is 2.06. The summed E-state index contributed by atoms with van der Waals surface area (Å²) >= 11 is 0. The molecule has 7 heteroatoms. The molecule has 0 radical (unpaired) electrons. The highest BCUT2D eigenvalue weighted by molar-refractivity contribution is 6.06. The second kappa shape index (κ2) is 4.52. The molecule has 0 saturated heterocycles. The van der Waals surface area contributed by atoms with E-state index in [1.54, 1.807) is 6.92 Å². The minimum absolute atomic E-state index is 0.128. The van der Waals surface area contributed by atoms with Gasteiger partial charge >= 0.3 is 0 Å². The van der Waals surface area contributed by atoms with Gasteiger partial charge in [-0.2, -0.15) is 0 Å². The number of carbonyl (C=O) groups excluding carboxylic acids is 2. The average molecular weight is 248 g/mol. The molecule has 18 heavy (non-hydrogen) atoms. The third-order valence-corrected chi connectivity index (χ3v) is 2.43. The summed E-state index contributed by atoms with van der Waals surface area (Å²) in [6.45, 7) is 2.99. The van der Waals surface area contributed by atoms with Crippen LogP contribution in [0.5, 0.6) is 0 Å². The Bertz CT molecular complexity index is 541. The molecule has 0 saturated carbocycles. The van der Waals surface area contributed by atoms with Crippen molar-refractivity contribution in [1.82, 2.24) is 15.0 Å². The monoisotopic (exact) mass is 248 g/mol. The van der Waals surface area contributed by atoms with Crippen LogP contribution in [-0.4, -0.2) is 45.7 Å². The van der Waals surface area contributed by atoms with E-state index in [1.807, 2.05) is 0 Å². The highest BCUT2D eigenvalue weighted by Gasteiger charge is 2.29. The highest BCUT2D eigenvalue weighted by atomic mass is 16.5. The number of amides is 1. The Labute approximate surface area is 103 Å². The van der Waals surface area contributed by atoms with E-state index >= 15 is 0 Å². The van der Waals surface area contributed by atoms with Crippen molar-refractivity contribution >= 4 is 17.6 Å². The molecule has 1 unspecified atom stereocenters. The Kier molecular flexibility index (Phi) is 3.05. The normalized spacial score (nSPS) is 19.3. The largest absolute Gasteiger partial charge is 0.462 e. The van der Waals surface area contributed by atoms with Crippen LogP contribution in [-0.2, 0) is 9.53 Å². The predicted octanol–water partition coefficient (Wildman–Crippen LogP) is 0.218. The van der Waals surface area contributed by atoms with Gasteiger partial charge in [0.05, 0.1) is 0 Å². The molecule has 0 fully saturated rings. The zero-order chi connectivity index (χ0) is 13.3. The van der Waals surface area contributed by atoms with Gasteiger partial charge in [0.2, 0.25) is 0 Å². The second-order valence-electron chi connectivity index (χ2n) is 3.84. The van der Waals surface area contributed by atoms with Crippen LogP contribution in [0.2, 0.25) is 0 Å². The van der Waals surface area contributed by atoms with E-state index in [2.05, 4.69) is 15.1 Å². The van der Waals surface area contributed by atoms with Crippen LogP contribution in [0, 0.1) is 0 Å². The number of likely N-dealkylation sites (N-methyl/N-ethyl adjacent to an activating group) is 1. The van der Waals surface area contributed by atoms with Crippen molar-refractivity contribution in [1.29, 1.82) is 0 Å². The van der Waals surface area contributed by atoms with Crippen LogP contribution in [0.1, 0.15) is 30.0 Å². The number of Topliss-reactive ketones (excluding diaryl/α,β-unsaturated/α-hetero) is 1. The smallest absolute Gasteiger partial charge is 0.283 e. The molecule has 1 aliphatic heterocycles. The molecule has 0 bridgehead atoms. The topological polar surface area (TPSA) is 84.8 Å². The van der Waals surface area contributed by atoms with Gasteiger partial charge in [-0.15, -0.1) is 5.10 Å². The molecule has 1 atom stereocenters. The van der Waals surface area contributed by atoms with Crippen LogP contribution >= 0.6 is 0 Å². The van der Waals surface area contributed by atoms with Gasteiger partial charge in [-0.1, -0.05) is 0 Å². The number of rotatable bonds is 2. The zero-order valence-electron chi connectivity index (χ0n) is 10.2. The van der Waals surface area contributed by atoms with Crippen LogP contribution in [0.25, 0.3) is 0 Å². The van der Waals surface area contributed by atoms with Crippen molar-refractivity contribution in [3.8, 4) is 0 Å². The molecule has 0 aliphatic carbocycles. The van der Waals surface area contributed by atoms with Crippen molar-refractivity contribution in [3.63, 3.8) is 0 Å². The number of hydrazone groups is 1. The number of nitrogens with zero attached hydrogens (tertiary/aromatic N) is 4. The Balaban J connectivity index is 2.47. The van der Waals surface area contributed by atoms with E-state index in [1.165, 1.54) is 31.4 Å². The molecule has 1 aliphatic rings. The van der Waals surface area contributed by atoms with Crippen molar-refractivity contribution in [2.24, 2.45) is 5.10 Å². The number of hydrogen-bond acceptors (Lipinski definition) is 6. The minimum Gasteiger partial charge on any atom is -0.462 e. The van der Waals surface area contributed by atoms with Gasteiger partial charge in [0, 0.05) is 26.4 Å². The maximum atomic E-state index is 11.5. The zero-order valence-corrected chi connectivity index (χ0v) is 10.2. The molecule has 0 N–H and O–H groups in total. The van der Waals surface area contributed by atoms with Crippen LogP contribution in [0.3, 0.4) is 0 Å². The van der Waals surface area contributed by atoms with Gasteiger partial charge in [-0.3, -0.25) is 9.59 Å².